The van der Waals surface area contributed by atoms with E-state index in [2.05, 4.69) is 167 Å². The Balaban J connectivity index is 0.00000496. The molecule has 1 saturated carbocycles. The standard InChI is InChI=1S/C51H57N3O2.Pt/c1-31(2)40-16-13-17-41(32(3)4)45(40)34-26-35(47-53-50(11)21-15-22-51(50,12)56-47)28-39(27-34)55-38-25-33(5)24-37(30-38)54-44-20-19-36(48(6,7)8)29-43(44)49(9,10)42-18-14-23-52-46(42)54;/h13-14,16-20,23-27,29,31-32H,15,21-22H2,1-12H3;/q-2;+2/t50-,51+;/m1./s1. The summed E-state index contributed by atoms with van der Waals surface area (Å²) in [7, 11) is 0. The van der Waals surface area contributed by atoms with Gasteiger partial charge in [0, 0.05) is 34.4 Å². The van der Waals surface area contributed by atoms with Crippen LogP contribution in [0.4, 0.5) is 17.2 Å². The minimum Gasteiger partial charge on any atom is -0.512 e. The van der Waals surface area contributed by atoms with Crippen LogP contribution in [0, 0.1) is 19.1 Å². The molecule has 5 aromatic rings. The van der Waals surface area contributed by atoms with E-state index < -0.39 is 0 Å². The van der Waals surface area contributed by atoms with Gasteiger partial charge in [-0.05, 0) is 90.3 Å². The monoisotopic (exact) mass is 938 g/mol. The van der Waals surface area contributed by atoms with Crippen LogP contribution in [0.25, 0.3) is 11.1 Å². The molecule has 0 saturated heterocycles. The van der Waals surface area contributed by atoms with E-state index >= 15 is 0 Å². The van der Waals surface area contributed by atoms with Crippen molar-refractivity contribution in [1.82, 2.24) is 4.98 Å². The fraction of sp³-hybridized carbons (Fsp3) is 0.412. The third kappa shape index (κ3) is 7.07. The Hall–Kier alpha value is -4.21. The number of pyridine rings is 1. The molecule has 5 nitrogen and oxygen atoms in total. The summed E-state index contributed by atoms with van der Waals surface area (Å²) in [6, 6.07) is 33.7. The van der Waals surface area contributed by atoms with Crippen LogP contribution in [0.1, 0.15) is 146 Å². The van der Waals surface area contributed by atoms with Gasteiger partial charge in [-0.25, -0.2) is 4.98 Å². The SMILES string of the molecule is Cc1cc(Oc2[c-]c(C3=N[C@]4(C)CCC[C@]4(C)O3)cc(-c3c(C(C)C)cccc3C(C)C)c2)[c-]c(N2c3ccc(C(C)(C)C)cc3C(C)(C)c3cccnc32)c1.[Pt+2]. The summed E-state index contributed by atoms with van der Waals surface area (Å²) in [6.45, 7) is 27.1. The van der Waals surface area contributed by atoms with Crippen molar-refractivity contribution in [3.63, 3.8) is 0 Å². The maximum absolute atomic E-state index is 6.91. The van der Waals surface area contributed by atoms with E-state index in [1.807, 2.05) is 12.3 Å². The Kier molecular flexibility index (Phi) is 10.5. The first-order valence-electron chi connectivity index (χ1n) is 20.5. The van der Waals surface area contributed by atoms with Gasteiger partial charge in [0.25, 0.3) is 0 Å². The van der Waals surface area contributed by atoms with Crippen molar-refractivity contribution < 1.29 is 30.5 Å². The van der Waals surface area contributed by atoms with Gasteiger partial charge < -0.3 is 14.4 Å². The summed E-state index contributed by atoms with van der Waals surface area (Å²) in [5.74, 6) is 3.44. The number of aliphatic imine (C=N–C) groups is 1. The second-order valence-electron chi connectivity index (χ2n) is 19.0. The van der Waals surface area contributed by atoms with Crippen molar-refractivity contribution in [2.24, 2.45) is 4.99 Å². The van der Waals surface area contributed by atoms with E-state index in [1.54, 1.807) is 0 Å². The minimum atomic E-state index is -0.331. The van der Waals surface area contributed by atoms with E-state index in [0.717, 1.165) is 53.1 Å². The van der Waals surface area contributed by atoms with E-state index in [4.69, 9.17) is 19.5 Å². The molecule has 2 atom stereocenters. The summed E-state index contributed by atoms with van der Waals surface area (Å²) in [4.78, 5) is 12.5. The fourth-order valence-electron chi connectivity index (χ4n) is 9.18. The number of hydrogen-bond donors (Lipinski definition) is 0. The van der Waals surface area contributed by atoms with Gasteiger partial charge >= 0.3 is 21.1 Å². The molecule has 0 N–H and O–H groups in total. The van der Waals surface area contributed by atoms with Crippen LogP contribution in [0.15, 0.2) is 84.0 Å². The second kappa shape index (κ2) is 14.6. The molecule has 4 aromatic carbocycles. The summed E-state index contributed by atoms with van der Waals surface area (Å²) in [5.41, 5.74) is 11.7. The van der Waals surface area contributed by atoms with Gasteiger partial charge in [-0.15, -0.1) is 24.3 Å². The zero-order valence-corrected chi connectivity index (χ0v) is 38.0. The Morgan fingerprint density at radius 1 is 0.807 bits per heavy atom. The predicted octanol–water partition coefficient (Wildman–Crippen LogP) is 13.6. The number of fused-ring (bicyclic) bond motifs is 3. The molecule has 298 valence electrons. The molecule has 3 aliphatic rings. The normalized spacial score (nSPS) is 20.7. The van der Waals surface area contributed by atoms with Gasteiger partial charge in [0.15, 0.2) is 0 Å². The van der Waals surface area contributed by atoms with E-state index in [9.17, 15) is 0 Å². The Morgan fingerprint density at radius 2 is 1.51 bits per heavy atom. The number of aromatic nitrogens is 1. The Bertz CT molecular complexity index is 2360. The largest absolute Gasteiger partial charge is 2.00 e. The van der Waals surface area contributed by atoms with Crippen LogP contribution in [0.5, 0.6) is 11.5 Å². The number of hydrogen-bond acceptors (Lipinski definition) is 5. The molecule has 0 spiro atoms. The topological polar surface area (TPSA) is 47.0 Å². The third-order valence-corrected chi connectivity index (χ3v) is 12.7. The average molecular weight is 939 g/mol. The molecule has 1 aliphatic carbocycles. The van der Waals surface area contributed by atoms with Gasteiger partial charge in [0.1, 0.15) is 17.3 Å². The van der Waals surface area contributed by atoms with Crippen LogP contribution in [0.3, 0.4) is 0 Å². The zero-order valence-electron chi connectivity index (χ0n) is 35.8. The van der Waals surface area contributed by atoms with Crippen LogP contribution < -0.4 is 9.64 Å². The van der Waals surface area contributed by atoms with Crippen molar-refractivity contribution >= 4 is 23.1 Å². The molecular weight excluding hydrogens is 882 g/mol. The second-order valence-corrected chi connectivity index (χ2v) is 19.0. The number of anilines is 3. The molecular formula is C51H57N3O2Pt. The first-order valence-corrected chi connectivity index (χ1v) is 20.5. The molecule has 0 bridgehead atoms. The van der Waals surface area contributed by atoms with E-state index in [0.29, 0.717) is 29.2 Å². The molecule has 2 aliphatic heterocycles. The number of aryl methyl sites for hydroxylation is 1. The number of rotatable bonds is 7. The van der Waals surface area contributed by atoms with Crippen molar-refractivity contribution in [1.29, 1.82) is 0 Å². The molecule has 57 heavy (non-hydrogen) atoms. The first kappa shape index (κ1) is 41.0. The van der Waals surface area contributed by atoms with Crippen molar-refractivity contribution in [2.45, 2.75) is 136 Å². The average Bonchev–Trinajstić information content (AvgIpc) is 3.57. The first-order chi connectivity index (χ1) is 26.4. The van der Waals surface area contributed by atoms with Crippen molar-refractivity contribution in [2.75, 3.05) is 4.90 Å². The van der Waals surface area contributed by atoms with Gasteiger partial charge in [-0.2, -0.15) is 5.56 Å². The van der Waals surface area contributed by atoms with Gasteiger partial charge in [-0.1, -0.05) is 135 Å². The van der Waals surface area contributed by atoms with Crippen LogP contribution >= 0.6 is 0 Å². The minimum absolute atomic E-state index is 0. The fourth-order valence-corrected chi connectivity index (χ4v) is 9.18. The third-order valence-electron chi connectivity index (χ3n) is 12.7. The van der Waals surface area contributed by atoms with Crippen LogP contribution in [-0.4, -0.2) is 22.0 Å². The zero-order chi connectivity index (χ0) is 39.9. The van der Waals surface area contributed by atoms with E-state index in [-0.39, 0.29) is 43.0 Å². The summed E-state index contributed by atoms with van der Waals surface area (Å²) >= 11 is 0. The molecule has 6 heteroatoms. The smallest absolute Gasteiger partial charge is 0.512 e. The van der Waals surface area contributed by atoms with Gasteiger partial charge in [-0.3, -0.25) is 4.99 Å². The molecule has 1 aromatic heterocycles. The van der Waals surface area contributed by atoms with Gasteiger partial charge in [0.2, 0.25) is 0 Å². The van der Waals surface area contributed by atoms with Crippen molar-refractivity contribution in [3.05, 3.63) is 130 Å². The summed E-state index contributed by atoms with van der Waals surface area (Å²) < 4.78 is 13.7. The molecule has 8 rings (SSSR count). The predicted molar refractivity (Wildman–Crippen MR) is 231 cm³/mol. The number of benzene rings is 4. The van der Waals surface area contributed by atoms with E-state index in [1.165, 1.54) is 33.4 Å². The number of ether oxygens (including phenoxy) is 2. The molecule has 0 unspecified atom stereocenters. The molecule has 0 amide bonds. The van der Waals surface area contributed by atoms with Crippen molar-refractivity contribution in [3.8, 4) is 22.6 Å². The van der Waals surface area contributed by atoms with Gasteiger partial charge in [0.05, 0.1) is 5.54 Å². The number of nitrogens with zero attached hydrogens (tertiary/aromatic N) is 3. The molecule has 1 fully saturated rings. The Labute approximate surface area is 355 Å². The quantitative estimate of drug-likeness (QED) is 0.153. The maximum Gasteiger partial charge on any atom is 2.00 e. The molecule has 0 radical (unpaired) electrons. The summed E-state index contributed by atoms with van der Waals surface area (Å²) in [6.07, 6.45) is 5.00. The van der Waals surface area contributed by atoms with Crippen LogP contribution in [0.2, 0.25) is 0 Å². The summed E-state index contributed by atoms with van der Waals surface area (Å²) in [5, 5.41) is 0. The maximum atomic E-state index is 6.91. The molecule has 3 heterocycles. The van der Waals surface area contributed by atoms with Crippen LogP contribution in [-0.2, 0) is 36.6 Å². The Morgan fingerprint density at radius 3 is 2.18 bits per heavy atom.